The van der Waals surface area contributed by atoms with E-state index in [2.05, 4.69) is 15.5 Å². The molecule has 0 bridgehead atoms. The molecule has 1 aliphatic rings. The average Bonchev–Trinajstić information content (AvgIpc) is 3.10. The highest BCUT2D eigenvalue weighted by Gasteiger charge is 2.21. The first-order valence-corrected chi connectivity index (χ1v) is 7.93. The van der Waals surface area contributed by atoms with Crippen molar-refractivity contribution in [2.75, 3.05) is 13.2 Å². The minimum absolute atomic E-state index is 0.00487. The van der Waals surface area contributed by atoms with Crippen LogP contribution < -0.4 is 5.32 Å². The van der Waals surface area contributed by atoms with Gasteiger partial charge < -0.3 is 14.6 Å². The highest BCUT2D eigenvalue weighted by molar-refractivity contribution is 5.91. The van der Waals surface area contributed by atoms with Gasteiger partial charge in [-0.2, -0.15) is 4.98 Å². The zero-order valence-corrected chi connectivity index (χ0v) is 13.4. The molecule has 6 nitrogen and oxygen atoms in total. The number of carbonyl (C=O) groups is 1. The fourth-order valence-electron chi connectivity index (χ4n) is 2.49. The fraction of sp³-hybridized carbons (Fsp3) is 0.353. The van der Waals surface area contributed by atoms with E-state index in [4.69, 9.17) is 9.26 Å². The summed E-state index contributed by atoms with van der Waals surface area (Å²) in [7, 11) is 0. The maximum absolute atomic E-state index is 13.5. The Hall–Kier alpha value is -2.61. The minimum atomic E-state index is -0.608. The number of hydrogen-bond acceptors (Lipinski definition) is 5. The van der Waals surface area contributed by atoms with Gasteiger partial charge in [-0.15, -0.1) is 0 Å². The number of amides is 1. The Morgan fingerprint density at radius 3 is 2.92 bits per heavy atom. The summed E-state index contributed by atoms with van der Waals surface area (Å²) < 4.78 is 36.9. The molecule has 1 aromatic carbocycles. The standard InChI is InChI=1S/C17H17F2N3O3/c18-13-2-3-14(19)12(9-13)1-4-15(23)20-10-16-21-17(22-25-16)11-5-7-24-8-6-11/h1-4,9,11H,5-8,10H2,(H,20,23)/b4-1+. The van der Waals surface area contributed by atoms with Crippen LogP contribution in [0, 0.1) is 11.6 Å². The van der Waals surface area contributed by atoms with Crippen LogP contribution in [0.5, 0.6) is 0 Å². The van der Waals surface area contributed by atoms with Crippen molar-refractivity contribution in [2.45, 2.75) is 25.3 Å². The van der Waals surface area contributed by atoms with Gasteiger partial charge in [0, 0.05) is 30.8 Å². The number of hydrogen-bond donors (Lipinski definition) is 1. The lowest BCUT2D eigenvalue weighted by molar-refractivity contribution is -0.116. The molecule has 2 aromatic rings. The van der Waals surface area contributed by atoms with Crippen LogP contribution in [0.4, 0.5) is 8.78 Å². The van der Waals surface area contributed by atoms with Crippen LogP contribution in [0.2, 0.25) is 0 Å². The monoisotopic (exact) mass is 349 g/mol. The quantitative estimate of drug-likeness (QED) is 0.840. The van der Waals surface area contributed by atoms with E-state index >= 15 is 0 Å². The van der Waals surface area contributed by atoms with Crippen molar-refractivity contribution >= 4 is 12.0 Å². The SMILES string of the molecule is O=C(/C=C/c1cc(F)ccc1F)NCc1nc(C2CCOCC2)no1. The van der Waals surface area contributed by atoms with Crippen LogP contribution in [0.3, 0.4) is 0 Å². The lowest BCUT2D eigenvalue weighted by atomic mass is 10.00. The molecule has 25 heavy (non-hydrogen) atoms. The number of aromatic nitrogens is 2. The number of rotatable bonds is 5. The Labute approximate surface area is 142 Å². The average molecular weight is 349 g/mol. The third kappa shape index (κ3) is 4.69. The van der Waals surface area contributed by atoms with Crippen molar-refractivity contribution < 1.29 is 22.8 Å². The van der Waals surface area contributed by atoms with Gasteiger partial charge in [-0.05, 0) is 37.1 Å². The van der Waals surface area contributed by atoms with Crippen molar-refractivity contribution in [3.63, 3.8) is 0 Å². The van der Waals surface area contributed by atoms with Crippen LogP contribution in [-0.4, -0.2) is 29.3 Å². The van der Waals surface area contributed by atoms with Gasteiger partial charge in [0.1, 0.15) is 11.6 Å². The summed E-state index contributed by atoms with van der Waals surface area (Å²) in [6.45, 7) is 1.41. The molecule has 3 rings (SSSR count). The largest absolute Gasteiger partial charge is 0.381 e. The van der Waals surface area contributed by atoms with Gasteiger partial charge in [0.25, 0.3) is 0 Å². The van der Waals surface area contributed by atoms with Crippen molar-refractivity contribution in [3.8, 4) is 0 Å². The Morgan fingerprint density at radius 1 is 1.32 bits per heavy atom. The fourth-order valence-corrected chi connectivity index (χ4v) is 2.49. The maximum Gasteiger partial charge on any atom is 0.246 e. The van der Waals surface area contributed by atoms with Crippen molar-refractivity contribution in [1.82, 2.24) is 15.5 Å². The third-order valence-corrected chi connectivity index (χ3v) is 3.86. The first-order chi connectivity index (χ1) is 12.1. The third-order valence-electron chi connectivity index (χ3n) is 3.86. The normalized spacial score (nSPS) is 15.6. The molecule has 1 aliphatic heterocycles. The molecule has 132 valence electrons. The number of ether oxygens (including phenoxy) is 1. The van der Waals surface area contributed by atoms with E-state index in [0.717, 1.165) is 37.1 Å². The first-order valence-electron chi connectivity index (χ1n) is 7.93. The predicted octanol–water partition coefficient (Wildman–Crippen LogP) is 2.57. The van der Waals surface area contributed by atoms with E-state index < -0.39 is 17.5 Å². The van der Waals surface area contributed by atoms with E-state index in [1.807, 2.05) is 0 Å². The molecule has 0 unspecified atom stereocenters. The van der Waals surface area contributed by atoms with E-state index in [1.165, 1.54) is 6.08 Å². The zero-order valence-electron chi connectivity index (χ0n) is 13.4. The molecule has 2 heterocycles. The van der Waals surface area contributed by atoms with Gasteiger partial charge in [0.05, 0.1) is 6.54 Å². The summed E-state index contributed by atoms with van der Waals surface area (Å²) in [6.07, 6.45) is 4.00. The maximum atomic E-state index is 13.5. The van der Waals surface area contributed by atoms with E-state index in [1.54, 1.807) is 0 Å². The summed E-state index contributed by atoms with van der Waals surface area (Å²) in [6, 6.07) is 3.03. The molecular weight excluding hydrogens is 332 g/mol. The number of halogens is 2. The molecule has 0 atom stereocenters. The Balaban J connectivity index is 1.53. The van der Waals surface area contributed by atoms with Gasteiger partial charge in [0.2, 0.25) is 11.8 Å². The molecule has 1 N–H and O–H groups in total. The van der Waals surface area contributed by atoms with Gasteiger partial charge in [-0.3, -0.25) is 4.79 Å². The topological polar surface area (TPSA) is 77.2 Å². The zero-order chi connectivity index (χ0) is 17.6. The number of nitrogens with one attached hydrogen (secondary N) is 1. The van der Waals surface area contributed by atoms with Gasteiger partial charge >= 0.3 is 0 Å². The van der Waals surface area contributed by atoms with Crippen LogP contribution in [0.25, 0.3) is 6.08 Å². The smallest absolute Gasteiger partial charge is 0.246 e. The van der Waals surface area contributed by atoms with Crippen molar-refractivity contribution in [2.24, 2.45) is 0 Å². The van der Waals surface area contributed by atoms with Crippen LogP contribution in [0.1, 0.15) is 36.0 Å². The summed E-state index contributed by atoms with van der Waals surface area (Å²) in [5, 5.41) is 6.49. The number of carbonyl (C=O) groups excluding carboxylic acids is 1. The molecule has 0 spiro atoms. The van der Waals surface area contributed by atoms with E-state index in [-0.39, 0.29) is 18.0 Å². The molecule has 0 saturated carbocycles. The van der Waals surface area contributed by atoms with Crippen LogP contribution in [-0.2, 0) is 16.1 Å². The van der Waals surface area contributed by atoms with Crippen molar-refractivity contribution in [3.05, 3.63) is 53.2 Å². The Morgan fingerprint density at radius 2 is 2.12 bits per heavy atom. The molecule has 0 radical (unpaired) electrons. The second kappa shape index (κ2) is 7.98. The Bertz CT molecular complexity index is 770. The Kier molecular flexibility index (Phi) is 5.49. The number of nitrogens with zero attached hydrogens (tertiary/aromatic N) is 2. The highest BCUT2D eigenvalue weighted by atomic mass is 19.1. The van der Waals surface area contributed by atoms with Gasteiger partial charge in [-0.1, -0.05) is 5.16 Å². The number of benzene rings is 1. The second-order valence-electron chi connectivity index (χ2n) is 5.65. The van der Waals surface area contributed by atoms with Gasteiger partial charge in [0.15, 0.2) is 5.82 Å². The van der Waals surface area contributed by atoms with Crippen LogP contribution in [0.15, 0.2) is 28.8 Å². The molecule has 0 aliphatic carbocycles. The molecule has 1 aromatic heterocycles. The lowest BCUT2D eigenvalue weighted by Gasteiger charge is -2.18. The van der Waals surface area contributed by atoms with Gasteiger partial charge in [-0.25, -0.2) is 8.78 Å². The minimum Gasteiger partial charge on any atom is -0.381 e. The summed E-state index contributed by atoms with van der Waals surface area (Å²) in [5.74, 6) is -0.547. The molecular formula is C17H17F2N3O3. The van der Waals surface area contributed by atoms with E-state index in [9.17, 15) is 13.6 Å². The highest BCUT2D eigenvalue weighted by Crippen LogP contribution is 2.24. The second-order valence-corrected chi connectivity index (χ2v) is 5.65. The molecule has 8 heteroatoms. The first kappa shape index (κ1) is 17.2. The lowest BCUT2D eigenvalue weighted by Crippen LogP contribution is -2.20. The van der Waals surface area contributed by atoms with E-state index in [0.29, 0.717) is 24.9 Å². The molecule has 1 saturated heterocycles. The van der Waals surface area contributed by atoms with Crippen LogP contribution >= 0.6 is 0 Å². The predicted molar refractivity (Wildman–Crippen MR) is 84.3 cm³/mol. The summed E-state index contributed by atoms with van der Waals surface area (Å²) >= 11 is 0. The summed E-state index contributed by atoms with van der Waals surface area (Å²) in [4.78, 5) is 16.0. The molecule has 1 fully saturated rings. The molecule has 1 amide bonds. The summed E-state index contributed by atoms with van der Waals surface area (Å²) in [5.41, 5.74) is -0.00487. The van der Waals surface area contributed by atoms with Crippen molar-refractivity contribution in [1.29, 1.82) is 0 Å².